The normalized spacial score (nSPS) is 23.7. The number of likely N-dealkylation sites (N-methyl/N-ethyl adjacent to an activating group) is 1. The minimum absolute atomic E-state index is 0.195. The third-order valence-electron chi connectivity index (χ3n) is 2.14. The molecule has 0 N–H and O–H groups in total. The van der Waals surface area contributed by atoms with Gasteiger partial charge in [-0.2, -0.15) is 0 Å². The maximum atomic E-state index is 11.6. The van der Waals surface area contributed by atoms with Crippen LogP contribution in [-0.4, -0.2) is 62.1 Å². The lowest BCUT2D eigenvalue weighted by atomic mass is 10.2. The van der Waals surface area contributed by atoms with Crippen molar-refractivity contribution in [1.29, 1.82) is 0 Å². The molecule has 1 atom stereocenters. The molecule has 0 aromatic carbocycles. The van der Waals surface area contributed by atoms with Gasteiger partial charge in [0.15, 0.2) is 0 Å². The van der Waals surface area contributed by atoms with Crippen molar-refractivity contribution in [3.63, 3.8) is 0 Å². The average Bonchev–Trinajstić information content (AvgIpc) is 2.03. The summed E-state index contributed by atoms with van der Waals surface area (Å²) in [5.41, 5.74) is 0. The molecular formula is C9H18N2O2. The number of ether oxygens (including phenoxy) is 1. The number of hydrogen-bond acceptors (Lipinski definition) is 3. The molecule has 1 amide bonds. The van der Waals surface area contributed by atoms with Gasteiger partial charge in [-0.05, 0) is 21.0 Å². The van der Waals surface area contributed by atoms with Crippen molar-refractivity contribution in [3.05, 3.63) is 0 Å². The van der Waals surface area contributed by atoms with Crippen LogP contribution in [0.15, 0.2) is 0 Å². The minimum Gasteiger partial charge on any atom is -0.377 e. The predicted molar refractivity (Wildman–Crippen MR) is 50.5 cm³/mol. The lowest BCUT2D eigenvalue weighted by molar-refractivity contribution is -0.139. The van der Waals surface area contributed by atoms with Gasteiger partial charge in [0.25, 0.3) is 0 Å². The molecule has 4 heteroatoms. The Labute approximate surface area is 79.4 Å². The van der Waals surface area contributed by atoms with E-state index < -0.39 is 0 Å². The Kier molecular flexibility index (Phi) is 3.69. The molecule has 1 heterocycles. The molecule has 0 aromatic heterocycles. The van der Waals surface area contributed by atoms with E-state index in [1.807, 2.05) is 30.8 Å². The molecule has 0 bridgehead atoms. The second-order valence-electron chi connectivity index (χ2n) is 3.75. The molecule has 0 radical (unpaired) electrons. The fourth-order valence-electron chi connectivity index (χ4n) is 1.46. The van der Waals surface area contributed by atoms with Gasteiger partial charge >= 0.3 is 0 Å². The van der Waals surface area contributed by atoms with Crippen LogP contribution in [0.3, 0.4) is 0 Å². The van der Waals surface area contributed by atoms with Gasteiger partial charge in [0, 0.05) is 6.54 Å². The van der Waals surface area contributed by atoms with Crippen LogP contribution in [0.5, 0.6) is 0 Å². The summed E-state index contributed by atoms with van der Waals surface area (Å²) in [7, 11) is 3.81. The largest absolute Gasteiger partial charge is 0.377 e. The van der Waals surface area contributed by atoms with E-state index in [9.17, 15) is 4.79 Å². The molecule has 0 saturated carbocycles. The molecule has 76 valence electrons. The molecule has 0 aromatic rings. The highest BCUT2D eigenvalue weighted by Crippen LogP contribution is 2.06. The fraction of sp³-hybridized carbons (Fsp3) is 0.889. The monoisotopic (exact) mass is 186 g/mol. The van der Waals surface area contributed by atoms with Crippen molar-refractivity contribution >= 4 is 5.91 Å². The first-order valence-electron chi connectivity index (χ1n) is 4.63. The van der Waals surface area contributed by atoms with Gasteiger partial charge in [0.05, 0.1) is 25.8 Å². The first-order valence-corrected chi connectivity index (χ1v) is 4.63. The molecule has 4 nitrogen and oxygen atoms in total. The highest BCUT2D eigenvalue weighted by atomic mass is 16.5. The van der Waals surface area contributed by atoms with Gasteiger partial charge in [-0.3, -0.25) is 4.79 Å². The van der Waals surface area contributed by atoms with Crippen molar-refractivity contribution in [2.45, 2.75) is 13.0 Å². The van der Waals surface area contributed by atoms with Gasteiger partial charge in [-0.25, -0.2) is 0 Å². The van der Waals surface area contributed by atoms with E-state index in [0.717, 1.165) is 6.54 Å². The van der Waals surface area contributed by atoms with Crippen molar-refractivity contribution in [3.8, 4) is 0 Å². The van der Waals surface area contributed by atoms with Gasteiger partial charge in [-0.1, -0.05) is 0 Å². The molecule has 1 aliphatic heterocycles. The average molecular weight is 186 g/mol. The molecule has 1 rings (SSSR count). The number of rotatable bonds is 2. The summed E-state index contributed by atoms with van der Waals surface area (Å²) in [6, 6.07) is 0.223. The Balaban J connectivity index is 2.44. The maximum Gasteiger partial charge on any atom is 0.237 e. The van der Waals surface area contributed by atoms with Gasteiger partial charge < -0.3 is 14.5 Å². The van der Waals surface area contributed by atoms with Crippen LogP contribution in [0, 0.1) is 0 Å². The number of nitrogens with zero attached hydrogens (tertiary/aromatic N) is 2. The molecular weight excluding hydrogens is 168 g/mol. The summed E-state index contributed by atoms with van der Waals surface area (Å²) in [5.74, 6) is 0.195. The highest BCUT2D eigenvalue weighted by molar-refractivity contribution is 5.78. The Morgan fingerprint density at radius 2 is 2.31 bits per heavy atom. The van der Waals surface area contributed by atoms with Gasteiger partial charge in [0.1, 0.15) is 0 Å². The molecule has 1 saturated heterocycles. The van der Waals surface area contributed by atoms with Crippen LogP contribution in [0.25, 0.3) is 0 Å². The lowest BCUT2D eigenvalue weighted by Gasteiger charge is -2.34. The number of amides is 1. The smallest absolute Gasteiger partial charge is 0.237 e. The SMILES string of the molecule is CC1COCCN1C(=O)CN(C)C. The van der Waals surface area contributed by atoms with Gasteiger partial charge in [-0.15, -0.1) is 0 Å². The van der Waals surface area contributed by atoms with Crippen LogP contribution in [-0.2, 0) is 9.53 Å². The highest BCUT2D eigenvalue weighted by Gasteiger charge is 2.23. The quantitative estimate of drug-likeness (QED) is 0.598. The standard InChI is InChI=1S/C9H18N2O2/c1-8-7-13-5-4-11(8)9(12)6-10(2)3/h8H,4-7H2,1-3H3. The fourth-order valence-corrected chi connectivity index (χ4v) is 1.46. The summed E-state index contributed by atoms with van der Waals surface area (Å²) in [6.45, 7) is 4.58. The Bertz CT molecular complexity index is 182. The lowest BCUT2D eigenvalue weighted by Crippen LogP contribution is -2.49. The topological polar surface area (TPSA) is 32.8 Å². The van der Waals surface area contributed by atoms with E-state index in [1.54, 1.807) is 0 Å². The van der Waals surface area contributed by atoms with E-state index in [4.69, 9.17) is 4.74 Å². The van der Waals surface area contributed by atoms with E-state index >= 15 is 0 Å². The van der Waals surface area contributed by atoms with Crippen LogP contribution in [0.2, 0.25) is 0 Å². The second-order valence-corrected chi connectivity index (χ2v) is 3.75. The molecule has 0 spiro atoms. The molecule has 0 aliphatic carbocycles. The first-order chi connectivity index (χ1) is 6.11. The van der Waals surface area contributed by atoms with Crippen LogP contribution < -0.4 is 0 Å². The summed E-state index contributed by atoms with van der Waals surface area (Å²) in [5, 5.41) is 0. The summed E-state index contributed by atoms with van der Waals surface area (Å²) in [4.78, 5) is 15.4. The molecule has 1 unspecified atom stereocenters. The predicted octanol–water partition coefficient (Wildman–Crippen LogP) is -0.205. The third-order valence-corrected chi connectivity index (χ3v) is 2.14. The maximum absolute atomic E-state index is 11.6. The first kappa shape index (κ1) is 10.5. The number of carbonyl (C=O) groups excluding carboxylic acids is 1. The van der Waals surface area contributed by atoms with Crippen molar-refractivity contribution in [2.24, 2.45) is 0 Å². The van der Waals surface area contributed by atoms with Crippen LogP contribution in [0.1, 0.15) is 6.92 Å². The van der Waals surface area contributed by atoms with Crippen molar-refractivity contribution in [2.75, 3.05) is 40.4 Å². The van der Waals surface area contributed by atoms with Gasteiger partial charge in [0.2, 0.25) is 5.91 Å². The number of carbonyl (C=O) groups is 1. The summed E-state index contributed by atoms with van der Waals surface area (Å²) < 4.78 is 5.26. The van der Waals surface area contributed by atoms with Crippen molar-refractivity contribution < 1.29 is 9.53 Å². The van der Waals surface area contributed by atoms with E-state index in [-0.39, 0.29) is 11.9 Å². The van der Waals surface area contributed by atoms with Crippen molar-refractivity contribution in [1.82, 2.24) is 9.80 Å². The Hall–Kier alpha value is -0.610. The molecule has 1 aliphatic rings. The zero-order valence-corrected chi connectivity index (χ0v) is 8.62. The zero-order chi connectivity index (χ0) is 9.84. The summed E-state index contributed by atoms with van der Waals surface area (Å²) >= 11 is 0. The Morgan fingerprint density at radius 3 is 2.85 bits per heavy atom. The minimum atomic E-state index is 0.195. The number of hydrogen-bond donors (Lipinski definition) is 0. The number of morpholine rings is 1. The van der Waals surface area contributed by atoms with E-state index in [1.165, 1.54) is 0 Å². The molecule has 1 fully saturated rings. The second kappa shape index (κ2) is 4.58. The molecule has 13 heavy (non-hydrogen) atoms. The van der Waals surface area contributed by atoms with E-state index in [0.29, 0.717) is 19.8 Å². The Morgan fingerprint density at radius 1 is 1.62 bits per heavy atom. The summed E-state index contributed by atoms with van der Waals surface area (Å²) in [6.07, 6.45) is 0. The zero-order valence-electron chi connectivity index (χ0n) is 8.62. The van der Waals surface area contributed by atoms with E-state index in [2.05, 4.69) is 0 Å². The van der Waals surface area contributed by atoms with Crippen LogP contribution >= 0.6 is 0 Å². The van der Waals surface area contributed by atoms with Crippen LogP contribution in [0.4, 0.5) is 0 Å². The third kappa shape index (κ3) is 2.97.